The number of para-hydroxylation sites is 1. The Morgan fingerprint density at radius 3 is 2.41 bits per heavy atom. The van der Waals surface area contributed by atoms with Crippen molar-refractivity contribution in [2.24, 2.45) is 0 Å². The van der Waals surface area contributed by atoms with E-state index in [1.54, 1.807) is 44.2 Å². The molecule has 0 radical (unpaired) electrons. The zero-order valence-corrected chi connectivity index (χ0v) is 19.2. The second-order valence-corrected chi connectivity index (χ2v) is 9.75. The maximum Gasteiger partial charge on any atom is 0.340 e. The number of hydrogen-bond donors (Lipinski definition) is 1. The molecule has 0 bridgehead atoms. The molecule has 0 spiro atoms. The van der Waals surface area contributed by atoms with Crippen molar-refractivity contribution in [2.75, 3.05) is 43.9 Å². The van der Waals surface area contributed by atoms with Gasteiger partial charge in [-0.25, -0.2) is 13.2 Å². The van der Waals surface area contributed by atoms with Gasteiger partial charge < -0.3 is 10.1 Å². The van der Waals surface area contributed by atoms with E-state index in [1.165, 1.54) is 4.31 Å². The smallest absolute Gasteiger partial charge is 0.340 e. The van der Waals surface area contributed by atoms with Crippen LogP contribution in [-0.4, -0.2) is 68.0 Å². The number of sulfonamides is 1. The number of nitrogens with one attached hydrogen (secondary N) is 1. The Bertz CT molecular complexity index is 1060. The molecular weight excluding hydrogens is 430 g/mol. The van der Waals surface area contributed by atoms with E-state index in [0.717, 1.165) is 5.56 Å². The molecule has 1 aliphatic heterocycles. The van der Waals surface area contributed by atoms with Gasteiger partial charge >= 0.3 is 5.97 Å². The normalized spacial score (nSPS) is 15.3. The Morgan fingerprint density at radius 1 is 1.00 bits per heavy atom. The largest absolute Gasteiger partial charge is 0.462 e. The van der Waals surface area contributed by atoms with Crippen LogP contribution in [0.25, 0.3) is 0 Å². The quantitative estimate of drug-likeness (QED) is 0.610. The van der Waals surface area contributed by atoms with Gasteiger partial charge in [-0.15, -0.1) is 0 Å². The van der Waals surface area contributed by atoms with Crippen molar-refractivity contribution >= 4 is 27.6 Å². The van der Waals surface area contributed by atoms with Crippen LogP contribution >= 0.6 is 0 Å². The molecule has 1 heterocycles. The highest BCUT2D eigenvalue weighted by atomic mass is 32.2. The molecule has 9 heteroatoms. The highest BCUT2D eigenvalue weighted by Crippen LogP contribution is 2.19. The highest BCUT2D eigenvalue weighted by molar-refractivity contribution is 7.89. The minimum Gasteiger partial charge on any atom is -0.462 e. The van der Waals surface area contributed by atoms with Crippen LogP contribution in [0.2, 0.25) is 0 Å². The second-order valence-electron chi connectivity index (χ2n) is 7.50. The fraction of sp³-hybridized carbons (Fsp3) is 0.391. The van der Waals surface area contributed by atoms with Gasteiger partial charge in [0, 0.05) is 38.3 Å². The summed E-state index contributed by atoms with van der Waals surface area (Å²) in [6.07, 6.45) is 0. The van der Waals surface area contributed by atoms with Crippen LogP contribution < -0.4 is 5.32 Å². The number of anilines is 1. The number of hydrogen-bond acceptors (Lipinski definition) is 6. The van der Waals surface area contributed by atoms with Crippen LogP contribution in [0.1, 0.15) is 40.1 Å². The third-order valence-corrected chi connectivity index (χ3v) is 7.24. The predicted molar refractivity (Wildman–Crippen MR) is 123 cm³/mol. The summed E-state index contributed by atoms with van der Waals surface area (Å²) in [6, 6.07) is 14.0. The van der Waals surface area contributed by atoms with Crippen molar-refractivity contribution in [3.63, 3.8) is 0 Å². The van der Waals surface area contributed by atoms with Gasteiger partial charge in [0.05, 0.1) is 23.6 Å². The molecule has 8 nitrogen and oxygen atoms in total. The van der Waals surface area contributed by atoms with E-state index in [9.17, 15) is 18.0 Å². The Labute approximate surface area is 189 Å². The van der Waals surface area contributed by atoms with Crippen molar-refractivity contribution in [3.05, 3.63) is 65.2 Å². The topological polar surface area (TPSA) is 96.0 Å². The van der Waals surface area contributed by atoms with E-state index in [0.29, 0.717) is 49.5 Å². The molecule has 3 rings (SSSR count). The average molecular weight is 460 g/mol. The summed E-state index contributed by atoms with van der Waals surface area (Å²) in [4.78, 5) is 27.1. The number of amides is 1. The first kappa shape index (κ1) is 23.9. The molecule has 0 unspecified atom stereocenters. The fourth-order valence-electron chi connectivity index (χ4n) is 3.59. The molecule has 1 amide bonds. The molecule has 1 N–H and O–H groups in total. The van der Waals surface area contributed by atoms with E-state index >= 15 is 0 Å². The van der Waals surface area contributed by atoms with Crippen molar-refractivity contribution in [2.45, 2.75) is 20.4 Å². The lowest BCUT2D eigenvalue weighted by Gasteiger charge is -2.33. The lowest BCUT2D eigenvalue weighted by Crippen LogP contribution is -2.48. The Balaban J connectivity index is 1.65. The van der Waals surface area contributed by atoms with Gasteiger partial charge in [0.15, 0.2) is 0 Å². The Morgan fingerprint density at radius 2 is 1.72 bits per heavy atom. The van der Waals surface area contributed by atoms with E-state index in [-0.39, 0.29) is 18.3 Å². The average Bonchev–Trinajstić information content (AvgIpc) is 2.80. The van der Waals surface area contributed by atoms with Crippen LogP contribution in [0.3, 0.4) is 0 Å². The number of nitrogens with zero attached hydrogens (tertiary/aromatic N) is 2. The van der Waals surface area contributed by atoms with Crippen LogP contribution in [0, 0.1) is 0 Å². The van der Waals surface area contributed by atoms with Gasteiger partial charge in [0.1, 0.15) is 0 Å². The van der Waals surface area contributed by atoms with Crippen molar-refractivity contribution in [3.8, 4) is 0 Å². The van der Waals surface area contributed by atoms with Gasteiger partial charge in [-0.05, 0) is 43.7 Å². The van der Waals surface area contributed by atoms with Crippen LogP contribution in [0.5, 0.6) is 0 Å². The zero-order chi connectivity index (χ0) is 23.1. The maximum absolute atomic E-state index is 12.8. The van der Waals surface area contributed by atoms with Crippen LogP contribution in [-0.2, 0) is 21.3 Å². The zero-order valence-electron chi connectivity index (χ0n) is 18.4. The molecular formula is C23H29N3O5S. The minimum absolute atomic E-state index is 0.115. The van der Waals surface area contributed by atoms with Crippen molar-refractivity contribution in [1.29, 1.82) is 0 Å². The van der Waals surface area contributed by atoms with Gasteiger partial charge in [0.2, 0.25) is 10.0 Å². The fourth-order valence-corrected chi connectivity index (χ4v) is 4.68. The third kappa shape index (κ3) is 5.93. The van der Waals surface area contributed by atoms with Gasteiger partial charge in [-0.3, -0.25) is 9.69 Å². The molecule has 32 heavy (non-hydrogen) atoms. The first-order valence-corrected chi connectivity index (χ1v) is 12.3. The Kier molecular flexibility index (Phi) is 8.00. The number of benzene rings is 2. The molecule has 0 aromatic heterocycles. The summed E-state index contributed by atoms with van der Waals surface area (Å²) >= 11 is 0. The van der Waals surface area contributed by atoms with Crippen LogP contribution in [0.15, 0.2) is 48.5 Å². The summed E-state index contributed by atoms with van der Waals surface area (Å²) in [5, 5.41) is 2.80. The number of esters is 1. The third-order valence-electron chi connectivity index (χ3n) is 5.36. The molecule has 1 saturated heterocycles. The standard InChI is InChI=1S/C23H29N3O5S/c1-3-31-23(28)20-10-5-6-11-21(20)24-22(27)19-9-7-8-18(16-19)17-25-12-14-26(15-13-25)32(29,30)4-2/h5-11,16H,3-4,12-15,17H2,1-2H3,(H,24,27). The molecule has 1 aliphatic rings. The minimum atomic E-state index is -3.16. The predicted octanol–water partition coefficient (Wildman–Crippen LogP) is 2.58. The summed E-state index contributed by atoms with van der Waals surface area (Å²) in [7, 11) is -3.16. The first-order chi connectivity index (χ1) is 15.3. The summed E-state index contributed by atoms with van der Waals surface area (Å²) in [5.41, 5.74) is 2.14. The lowest BCUT2D eigenvalue weighted by molar-refractivity contribution is 0.0527. The molecule has 2 aromatic carbocycles. The van der Waals surface area contributed by atoms with Gasteiger partial charge in [-0.1, -0.05) is 24.3 Å². The van der Waals surface area contributed by atoms with Gasteiger partial charge in [0.25, 0.3) is 5.91 Å². The van der Waals surface area contributed by atoms with E-state index < -0.39 is 16.0 Å². The summed E-state index contributed by atoms with van der Waals surface area (Å²) in [6.45, 7) is 6.49. The van der Waals surface area contributed by atoms with Crippen molar-refractivity contribution < 1.29 is 22.7 Å². The van der Waals surface area contributed by atoms with Gasteiger partial charge in [-0.2, -0.15) is 4.31 Å². The summed E-state index contributed by atoms with van der Waals surface area (Å²) in [5.74, 6) is -0.687. The number of rotatable bonds is 8. The number of carbonyl (C=O) groups excluding carboxylic acids is 2. The first-order valence-electron chi connectivity index (χ1n) is 10.7. The van der Waals surface area contributed by atoms with Crippen LogP contribution in [0.4, 0.5) is 5.69 Å². The molecule has 0 atom stereocenters. The van der Waals surface area contributed by atoms with Crippen molar-refractivity contribution in [1.82, 2.24) is 9.21 Å². The molecule has 0 saturated carbocycles. The molecule has 2 aromatic rings. The Hall–Kier alpha value is -2.75. The van der Waals surface area contributed by atoms with E-state index in [2.05, 4.69) is 10.2 Å². The SMILES string of the molecule is CCOC(=O)c1ccccc1NC(=O)c1cccc(CN2CCN(S(=O)(=O)CC)CC2)c1. The van der Waals surface area contributed by atoms with E-state index in [4.69, 9.17) is 4.74 Å². The molecule has 0 aliphatic carbocycles. The number of ether oxygens (including phenoxy) is 1. The monoisotopic (exact) mass is 459 g/mol. The summed E-state index contributed by atoms with van der Waals surface area (Å²) < 4.78 is 30.6. The van der Waals surface area contributed by atoms with E-state index in [1.807, 2.05) is 18.2 Å². The number of piperazine rings is 1. The second kappa shape index (κ2) is 10.7. The lowest BCUT2D eigenvalue weighted by atomic mass is 10.1. The molecule has 1 fully saturated rings. The maximum atomic E-state index is 12.8. The number of carbonyl (C=O) groups is 2. The highest BCUT2D eigenvalue weighted by Gasteiger charge is 2.25. The molecule has 172 valence electrons.